The fourth-order valence-electron chi connectivity index (χ4n) is 2.70. The van der Waals surface area contributed by atoms with Crippen LogP contribution in [0.25, 0.3) is 0 Å². The van der Waals surface area contributed by atoms with Crippen LogP contribution >= 0.6 is 0 Å². The first-order chi connectivity index (χ1) is 11.5. The van der Waals surface area contributed by atoms with Crippen molar-refractivity contribution in [1.29, 1.82) is 5.26 Å². The third-order valence-electron chi connectivity index (χ3n) is 3.82. The van der Waals surface area contributed by atoms with Crippen LogP contribution < -0.4 is 4.74 Å². The van der Waals surface area contributed by atoms with Gasteiger partial charge in [-0.25, -0.2) is 4.79 Å². The molecule has 1 heterocycles. The summed E-state index contributed by atoms with van der Waals surface area (Å²) in [6.45, 7) is 0. The molecule has 1 aromatic rings. The third kappa shape index (κ3) is 2.76. The second-order valence-corrected chi connectivity index (χ2v) is 4.99. The van der Waals surface area contributed by atoms with Crippen molar-refractivity contribution in [3.05, 3.63) is 29.3 Å². The van der Waals surface area contributed by atoms with Gasteiger partial charge in [-0.15, -0.1) is 0 Å². The first-order valence-electron chi connectivity index (χ1n) is 7.03. The molecule has 0 aromatic heterocycles. The SMILES string of the molecule is COC(=O)CC(C(=O)OC)N1C(=O)c2c(OC)cccc2C1C#N. The largest absolute Gasteiger partial charge is 0.496 e. The summed E-state index contributed by atoms with van der Waals surface area (Å²) in [4.78, 5) is 37.6. The summed E-state index contributed by atoms with van der Waals surface area (Å²) in [6, 6.07) is 4.53. The number of hydrogen-bond donors (Lipinski definition) is 0. The molecule has 2 rings (SSSR count). The Hall–Kier alpha value is -3.08. The highest BCUT2D eigenvalue weighted by atomic mass is 16.5. The highest BCUT2D eigenvalue weighted by Crippen LogP contribution is 2.40. The van der Waals surface area contributed by atoms with E-state index in [2.05, 4.69) is 9.47 Å². The van der Waals surface area contributed by atoms with Crippen LogP contribution in [0.15, 0.2) is 18.2 Å². The van der Waals surface area contributed by atoms with Crippen LogP contribution in [0.3, 0.4) is 0 Å². The molecule has 2 atom stereocenters. The van der Waals surface area contributed by atoms with Crippen molar-refractivity contribution in [2.45, 2.75) is 18.5 Å². The van der Waals surface area contributed by atoms with Crippen molar-refractivity contribution in [3.63, 3.8) is 0 Å². The monoisotopic (exact) mass is 332 g/mol. The summed E-state index contributed by atoms with van der Waals surface area (Å²) in [5.74, 6) is -1.78. The lowest BCUT2D eigenvalue weighted by Crippen LogP contribution is -2.45. The first-order valence-corrected chi connectivity index (χ1v) is 7.03. The van der Waals surface area contributed by atoms with E-state index in [0.29, 0.717) is 11.3 Å². The van der Waals surface area contributed by atoms with Gasteiger partial charge < -0.3 is 19.1 Å². The smallest absolute Gasteiger partial charge is 0.329 e. The topological polar surface area (TPSA) is 106 Å². The predicted octanol–water partition coefficient (Wildman–Crippen LogP) is 0.820. The van der Waals surface area contributed by atoms with Crippen LogP contribution in [0.2, 0.25) is 0 Å². The lowest BCUT2D eigenvalue weighted by molar-refractivity contribution is -0.152. The van der Waals surface area contributed by atoms with Gasteiger partial charge in [-0.3, -0.25) is 9.59 Å². The number of ether oxygens (including phenoxy) is 3. The van der Waals surface area contributed by atoms with Crippen molar-refractivity contribution >= 4 is 17.8 Å². The molecule has 0 bridgehead atoms. The van der Waals surface area contributed by atoms with Gasteiger partial charge in [0.15, 0.2) is 0 Å². The zero-order chi connectivity index (χ0) is 17.9. The molecule has 24 heavy (non-hydrogen) atoms. The Balaban J connectivity index is 2.52. The quantitative estimate of drug-likeness (QED) is 0.735. The minimum atomic E-state index is -1.27. The molecule has 0 saturated carbocycles. The normalized spacial score (nSPS) is 16.8. The van der Waals surface area contributed by atoms with Gasteiger partial charge in [0.1, 0.15) is 17.8 Å². The summed E-state index contributed by atoms with van der Waals surface area (Å²) >= 11 is 0. The Bertz CT molecular complexity index is 724. The average molecular weight is 332 g/mol. The molecule has 1 amide bonds. The van der Waals surface area contributed by atoms with Crippen LogP contribution in [0.1, 0.15) is 28.4 Å². The highest BCUT2D eigenvalue weighted by molar-refractivity contribution is 6.04. The molecule has 0 spiro atoms. The molecule has 126 valence electrons. The number of fused-ring (bicyclic) bond motifs is 1. The molecule has 0 fully saturated rings. The summed E-state index contributed by atoms with van der Waals surface area (Å²) in [5.41, 5.74) is 0.617. The van der Waals surface area contributed by atoms with Gasteiger partial charge in [0, 0.05) is 5.56 Å². The molecular weight excluding hydrogens is 316 g/mol. The number of esters is 2. The minimum Gasteiger partial charge on any atom is -0.496 e. The van der Waals surface area contributed by atoms with Gasteiger partial charge in [0.05, 0.1) is 39.4 Å². The van der Waals surface area contributed by atoms with E-state index < -0.39 is 36.4 Å². The summed E-state index contributed by atoms with van der Waals surface area (Å²) < 4.78 is 14.4. The maximum atomic E-state index is 12.8. The number of carbonyl (C=O) groups is 3. The molecular formula is C16H16N2O6. The van der Waals surface area contributed by atoms with Crippen LogP contribution in [0.4, 0.5) is 0 Å². The van der Waals surface area contributed by atoms with E-state index in [9.17, 15) is 19.6 Å². The fourth-order valence-corrected chi connectivity index (χ4v) is 2.70. The molecule has 1 aliphatic heterocycles. The van der Waals surface area contributed by atoms with Crippen molar-refractivity contribution < 1.29 is 28.6 Å². The van der Waals surface area contributed by atoms with Crippen molar-refractivity contribution in [3.8, 4) is 11.8 Å². The zero-order valence-corrected chi connectivity index (χ0v) is 13.4. The summed E-state index contributed by atoms with van der Waals surface area (Å²) in [7, 11) is 3.71. The number of nitrogens with zero attached hydrogens (tertiary/aromatic N) is 2. The molecule has 0 aliphatic carbocycles. The highest BCUT2D eigenvalue weighted by Gasteiger charge is 2.46. The molecule has 1 aliphatic rings. The van der Waals surface area contributed by atoms with E-state index in [1.807, 2.05) is 6.07 Å². The Morgan fingerprint density at radius 2 is 2.00 bits per heavy atom. The second kappa shape index (κ2) is 7.00. The van der Waals surface area contributed by atoms with E-state index >= 15 is 0 Å². The molecule has 0 radical (unpaired) electrons. The van der Waals surface area contributed by atoms with Crippen LogP contribution in [0.5, 0.6) is 5.75 Å². The maximum absolute atomic E-state index is 12.8. The second-order valence-electron chi connectivity index (χ2n) is 4.99. The van der Waals surface area contributed by atoms with E-state index in [0.717, 1.165) is 12.0 Å². The van der Waals surface area contributed by atoms with E-state index in [-0.39, 0.29) is 5.56 Å². The number of methoxy groups -OCH3 is 3. The van der Waals surface area contributed by atoms with E-state index in [1.165, 1.54) is 14.2 Å². The number of amides is 1. The molecule has 0 saturated heterocycles. The lowest BCUT2D eigenvalue weighted by atomic mass is 10.0. The molecule has 1 aromatic carbocycles. The van der Waals surface area contributed by atoms with E-state index in [1.54, 1.807) is 18.2 Å². The molecule has 8 heteroatoms. The lowest BCUT2D eigenvalue weighted by Gasteiger charge is -2.27. The number of carbonyl (C=O) groups excluding carboxylic acids is 3. The number of nitriles is 1. The molecule has 0 N–H and O–H groups in total. The van der Waals surface area contributed by atoms with Gasteiger partial charge in [0.2, 0.25) is 0 Å². The Morgan fingerprint density at radius 1 is 1.29 bits per heavy atom. The Labute approximate surface area is 138 Å². The predicted molar refractivity (Wildman–Crippen MR) is 80.0 cm³/mol. The zero-order valence-electron chi connectivity index (χ0n) is 13.4. The fraction of sp³-hybridized carbons (Fsp3) is 0.375. The third-order valence-corrected chi connectivity index (χ3v) is 3.82. The van der Waals surface area contributed by atoms with Gasteiger partial charge in [-0.05, 0) is 6.07 Å². The van der Waals surface area contributed by atoms with Crippen molar-refractivity contribution in [1.82, 2.24) is 4.90 Å². The van der Waals surface area contributed by atoms with Crippen LogP contribution in [-0.2, 0) is 19.1 Å². The van der Waals surface area contributed by atoms with Gasteiger partial charge in [-0.2, -0.15) is 5.26 Å². The summed E-state index contributed by atoms with van der Waals surface area (Å²) in [6.07, 6.45) is -0.413. The average Bonchev–Trinajstić information content (AvgIpc) is 2.90. The number of benzene rings is 1. The van der Waals surface area contributed by atoms with Crippen molar-refractivity contribution in [2.24, 2.45) is 0 Å². The van der Waals surface area contributed by atoms with Crippen LogP contribution in [-0.4, -0.2) is 50.1 Å². The Morgan fingerprint density at radius 3 is 2.54 bits per heavy atom. The first kappa shape index (κ1) is 17.3. The number of rotatable bonds is 5. The van der Waals surface area contributed by atoms with E-state index in [4.69, 9.17) is 4.74 Å². The van der Waals surface area contributed by atoms with Crippen LogP contribution in [0, 0.1) is 11.3 Å². The van der Waals surface area contributed by atoms with Gasteiger partial charge >= 0.3 is 11.9 Å². The molecule has 2 unspecified atom stereocenters. The summed E-state index contributed by atoms with van der Waals surface area (Å²) in [5, 5.41) is 9.51. The number of hydrogen-bond acceptors (Lipinski definition) is 7. The standard InChI is InChI=1S/C16H16N2O6/c1-22-12-6-4-5-9-11(8-17)18(15(20)14(9)12)10(16(21)24-3)7-13(19)23-2/h4-6,10-11H,7H2,1-3H3. The van der Waals surface area contributed by atoms with Gasteiger partial charge in [0.25, 0.3) is 5.91 Å². The molecule has 8 nitrogen and oxygen atoms in total. The minimum absolute atomic E-state index is 0.199. The van der Waals surface area contributed by atoms with Gasteiger partial charge in [-0.1, -0.05) is 12.1 Å². The maximum Gasteiger partial charge on any atom is 0.329 e. The van der Waals surface area contributed by atoms with Crippen molar-refractivity contribution in [2.75, 3.05) is 21.3 Å². The Kier molecular flexibility index (Phi) is 5.04.